The highest BCUT2D eigenvalue weighted by Crippen LogP contribution is 2.34. The maximum Gasteiger partial charge on any atom is 0.223 e. The van der Waals surface area contributed by atoms with Gasteiger partial charge in [-0.05, 0) is 78.7 Å². The molecule has 3 aliphatic rings. The van der Waals surface area contributed by atoms with E-state index in [0.29, 0.717) is 11.8 Å². The summed E-state index contributed by atoms with van der Waals surface area (Å²) < 4.78 is 6.04. The van der Waals surface area contributed by atoms with Crippen LogP contribution in [0.3, 0.4) is 0 Å². The van der Waals surface area contributed by atoms with E-state index >= 15 is 0 Å². The number of piperazine rings is 1. The van der Waals surface area contributed by atoms with Crippen LogP contribution < -0.4 is 10.2 Å². The van der Waals surface area contributed by atoms with Crippen molar-refractivity contribution >= 4 is 33.3 Å². The van der Waals surface area contributed by atoms with E-state index in [1.54, 1.807) is 11.5 Å². The third-order valence-corrected chi connectivity index (χ3v) is 9.41. The first-order valence-electron chi connectivity index (χ1n) is 13.4. The standard InChI is InChI=1S/C29H36N4OS/c34-29(23-13-12-21-6-1-2-7-22(21)18-23)30-19-24-8-5-9-25(24)20-32-14-16-33(17-15-32)28-26-10-3-4-11-27(26)35-31-28/h1-4,6-7,10-11,23-25H,5,8-9,12-20H2,(H,30,34)/t23?,24-,25-/m1/s1. The molecule has 1 unspecified atom stereocenters. The van der Waals surface area contributed by atoms with E-state index in [2.05, 4.69) is 63.6 Å². The summed E-state index contributed by atoms with van der Waals surface area (Å²) in [5.74, 6) is 2.90. The molecule has 0 radical (unpaired) electrons. The largest absolute Gasteiger partial charge is 0.356 e. The van der Waals surface area contributed by atoms with Gasteiger partial charge in [0.1, 0.15) is 5.82 Å². The van der Waals surface area contributed by atoms with E-state index < -0.39 is 0 Å². The van der Waals surface area contributed by atoms with Gasteiger partial charge in [-0.3, -0.25) is 9.69 Å². The van der Waals surface area contributed by atoms with Crippen LogP contribution in [0.1, 0.15) is 36.8 Å². The Labute approximate surface area is 212 Å². The van der Waals surface area contributed by atoms with Gasteiger partial charge in [-0.2, -0.15) is 4.37 Å². The van der Waals surface area contributed by atoms with E-state index in [4.69, 9.17) is 4.37 Å². The van der Waals surface area contributed by atoms with Gasteiger partial charge in [-0.25, -0.2) is 0 Å². The molecule has 0 spiro atoms. The highest BCUT2D eigenvalue weighted by atomic mass is 32.1. The van der Waals surface area contributed by atoms with Crippen molar-refractivity contribution in [2.24, 2.45) is 17.8 Å². The van der Waals surface area contributed by atoms with Gasteiger partial charge < -0.3 is 10.2 Å². The van der Waals surface area contributed by atoms with Crippen molar-refractivity contribution in [3.05, 3.63) is 59.7 Å². The molecule has 1 amide bonds. The molecular weight excluding hydrogens is 452 g/mol. The summed E-state index contributed by atoms with van der Waals surface area (Å²) in [6.45, 7) is 6.32. The Hall–Kier alpha value is -2.44. The molecule has 2 aromatic carbocycles. The fourth-order valence-electron chi connectivity index (χ4n) is 6.49. The van der Waals surface area contributed by atoms with Crippen LogP contribution in [-0.4, -0.2) is 54.4 Å². The van der Waals surface area contributed by atoms with Gasteiger partial charge in [0.05, 0.1) is 4.70 Å². The number of amides is 1. The fraction of sp³-hybridized carbons (Fsp3) is 0.517. The second-order valence-electron chi connectivity index (χ2n) is 10.7. The number of nitrogens with one attached hydrogen (secondary N) is 1. The third-order valence-electron chi connectivity index (χ3n) is 8.60. The van der Waals surface area contributed by atoms with Crippen LogP contribution in [0.5, 0.6) is 0 Å². The van der Waals surface area contributed by atoms with E-state index in [9.17, 15) is 4.79 Å². The molecule has 1 aliphatic heterocycles. The van der Waals surface area contributed by atoms with E-state index in [1.807, 2.05) is 0 Å². The summed E-state index contributed by atoms with van der Waals surface area (Å²) in [6, 6.07) is 17.2. The Morgan fingerprint density at radius 3 is 2.60 bits per heavy atom. The van der Waals surface area contributed by atoms with Crippen molar-refractivity contribution in [1.29, 1.82) is 0 Å². The topological polar surface area (TPSA) is 48.5 Å². The lowest BCUT2D eigenvalue weighted by atomic mass is 9.83. The second-order valence-corrected chi connectivity index (χ2v) is 11.5. The van der Waals surface area contributed by atoms with Crippen molar-refractivity contribution in [1.82, 2.24) is 14.6 Å². The number of aryl methyl sites for hydroxylation is 1. The van der Waals surface area contributed by atoms with Crippen LogP contribution in [0.15, 0.2) is 48.5 Å². The Morgan fingerprint density at radius 1 is 0.943 bits per heavy atom. The average Bonchev–Trinajstić information content (AvgIpc) is 3.54. The number of carbonyl (C=O) groups is 1. The molecule has 2 fully saturated rings. The average molecular weight is 489 g/mol. The normalized spacial score (nSPS) is 25.0. The summed E-state index contributed by atoms with van der Waals surface area (Å²) >= 11 is 1.61. The molecule has 3 atom stereocenters. The van der Waals surface area contributed by atoms with Crippen LogP contribution >= 0.6 is 11.5 Å². The number of aromatic nitrogens is 1. The Kier molecular flexibility index (Phi) is 6.75. The molecule has 6 rings (SSSR count). The predicted molar refractivity (Wildman–Crippen MR) is 144 cm³/mol. The zero-order valence-corrected chi connectivity index (χ0v) is 21.3. The Bertz CT molecular complexity index is 1170. The number of benzene rings is 2. The molecule has 2 aliphatic carbocycles. The molecule has 5 nitrogen and oxygen atoms in total. The van der Waals surface area contributed by atoms with Crippen LogP contribution in [-0.2, 0) is 17.6 Å². The van der Waals surface area contributed by atoms with Gasteiger partial charge in [-0.1, -0.05) is 42.8 Å². The Balaban J connectivity index is 0.984. The van der Waals surface area contributed by atoms with Crippen LogP contribution in [0.2, 0.25) is 0 Å². The molecule has 184 valence electrons. The van der Waals surface area contributed by atoms with Crippen LogP contribution in [0.25, 0.3) is 10.1 Å². The molecule has 1 saturated carbocycles. The number of hydrogen-bond acceptors (Lipinski definition) is 5. The SMILES string of the molecule is O=C(NC[C@H]1CCC[C@@H]1CN1CCN(c2nsc3ccccc23)CC1)C1CCc2ccccc2C1. The minimum Gasteiger partial charge on any atom is -0.356 e. The zero-order chi connectivity index (χ0) is 23.6. The lowest BCUT2D eigenvalue weighted by Gasteiger charge is -2.37. The lowest BCUT2D eigenvalue weighted by molar-refractivity contribution is -0.125. The van der Waals surface area contributed by atoms with Crippen LogP contribution in [0, 0.1) is 17.8 Å². The van der Waals surface area contributed by atoms with Crippen molar-refractivity contribution < 1.29 is 4.79 Å². The first kappa shape index (κ1) is 23.0. The zero-order valence-electron chi connectivity index (χ0n) is 20.5. The van der Waals surface area contributed by atoms with Crippen molar-refractivity contribution in [2.75, 3.05) is 44.2 Å². The maximum absolute atomic E-state index is 13.0. The summed E-state index contributed by atoms with van der Waals surface area (Å²) in [6.07, 6.45) is 6.76. The minimum absolute atomic E-state index is 0.139. The summed E-state index contributed by atoms with van der Waals surface area (Å²) in [4.78, 5) is 18.1. The van der Waals surface area contributed by atoms with Gasteiger partial charge in [0, 0.05) is 50.6 Å². The molecule has 2 heterocycles. The number of hydrogen-bond donors (Lipinski definition) is 1. The minimum atomic E-state index is 0.139. The Morgan fingerprint density at radius 2 is 1.71 bits per heavy atom. The fourth-order valence-corrected chi connectivity index (χ4v) is 7.29. The molecule has 1 N–H and O–H groups in total. The molecule has 3 aromatic rings. The molecule has 0 bridgehead atoms. The van der Waals surface area contributed by atoms with Gasteiger partial charge in [-0.15, -0.1) is 0 Å². The number of carbonyl (C=O) groups excluding carboxylic acids is 1. The number of rotatable bonds is 6. The summed E-state index contributed by atoms with van der Waals surface area (Å²) in [5, 5.41) is 4.65. The third kappa shape index (κ3) is 4.96. The number of nitrogens with zero attached hydrogens (tertiary/aromatic N) is 3. The van der Waals surface area contributed by atoms with E-state index in [0.717, 1.165) is 57.8 Å². The summed E-state index contributed by atoms with van der Waals surface area (Å²) in [7, 11) is 0. The monoisotopic (exact) mass is 488 g/mol. The number of anilines is 1. The van der Waals surface area contributed by atoms with Gasteiger partial charge in [0.25, 0.3) is 0 Å². The van der Waals surface area contributed by atoms with Gasteiger partial charge in [0.2, 0.25) is 5.91 Å². The molecular formula is C29H36N4OS. The quantitative estimate of drug-likeness (QED) is 0.544. The second kappa shape index (κ2) is 10.3. The van der Waals surface area contributed by atoms with Crippen LogP contribution in [0.4, 0.5) is 5.82 Å². The highest BCUT2D eigenvalue weighted by Gasteiger charge is 2.32. The first-order chi connectivity index (χ1) is 17.2. The molecule has 1 aromatic heterocycles. The first-order valence-corrected chi connectivity index (χ1v) is 14.2. The molecule has 6 heteroatoms. The molecule has 35 heavy (non-hydrogen) atoms. The van der Waals surface area contributed by atoms with Gasteiger partial charge in [0.15, 0.2) is 0 Å². The summed E-state index contributed by atoms with van der Waals surface area (Å²) in [5.41, 5.74) is 2.79. The lowest BCUT2D eigenvalue weighted by Crippen LogP contribution is -2.48. The van der Waals surface area contributed by atoms with E-state index in [-0.39, 0.29) is 11.8 Å². The smallest absolute Gasteiger partial charge is 0.223 e. The maximum atomic E-state index is 13.0. The number of fused-ring (bicyclic) bond motifs is 2. The molecule has 1 saturated heterocycles. The predicted octanol–water partition coefficient (Wildman–Crippen LogP) is 4.76. The van der Waals surface area contributed by atoms with Crippen molar-refractivity contribution in [3.8, 4) is 0 Å². The van der Waals surface area contributed by atoms with E-state index in [1.165, 1.54) is 47.0 Å². The van der Waals surface area contributed by atoms with Crippen molar-refractivity contribution in [2.45, 2.75) is 38.5 Å². The highest BCUT2D eigenvalue weighted by molar-refractivity contribution is 7.13. The van der Waals surface area contributed by atoms with Crippen molar-refractivity contribution in [3.63, 3.8) is 0 Å². The van der Waals surface area contributed by atoms with Gasteiger partial charge >= 0.3 is 0 Å².